The van der Waals surface area contributed by atoms with Gasteiger partial charge in [-0.15, -0.1) is 61.2 Å². The van der Waals surface area contributed by atoms with E-state index in [0.717, 1.165) is 0 Å². The van der Waals surface area contributed by atoms with E-state index in [0.29, 0.717) is 69.1 Å². The predicted molar refractivity (Wildman–Crippen MR) is 240 cm³/mol. The maximum absolute atomic E-state index is 11.1. The van der Waals surface area contributed by atoms with Gasteiger partial charge in [0.2, 0.25) is 34.9 Å². The minimum Gasteiger partial charge on any atom is -0.253 e. The van der Waals surface area contributed by atoms with Crippen molar-refractivity contribution in [3.8, 4) is 81.2 Å². The van der Waals surface area contributed by atoms with Gasteiger partial charge in [-0.05, 0) is 72.8 Å². The van der Waals surface area contributed by atoms with Gasteiger partial charge in [0.15, 0.2) is 0 Å². The summed E-state index contributed by atoms with van der Waals surface area (Å²) >= 11 is -22.1. The monoisotopic (exact) mass is 1380 g/mol. The number of hydrogen-bond donors (Lipinski definition) is 0. The number of rotatable bonds is 6. The summed E-state index contributed by atoms with van der Waals surface area (Å²) < 4.78 is 119. The second-order valence-electron chi connectivity index (χ2n) is 12.8. The van der Waals surface area contributed by atoms with E-state index < -0.39 is 28.3 Å². The molecule has 0 amide bonds. The van der Waals surface area contributed by atoms with E-state index in [-0.39, 0.29) is 44.8 Å². The molecule has 0 saturated carbocycles. The Balaban J connectivity index is 0.000000480. The van der Waals surface area contributed by atoms with Gasteiger partial charge < -0.3 is 0 Å². The zero-order chi connectivity index (χ0) is 54.9. The zero-order valence-corrected chi connectivity index (χ0v) is 44.6. The third-order valence-corrected chi connectivity index (χ3v) is 6.80. The maximum atomic E-state index is 9.91. The van der Waals surface area contributed by atoms with Crippen LogP contribution in [0.1, 0.15) is 13.8 Å². The normalized spacial score (nSPS) is 11.7. The first-order chi connectivity index (χ1) is 34.5. The quantitative estimate of drug-likeness (QED) is 0.111. The van der Waals surface area contributed by atoms with Crippen molar-refractivity contribution in [3.05, 3.63) is 146 Å². The van der Waals surface area contributed by atoms with E-state index in [4.69, 9.17) is 10.5 Å². The van der Waals surface area contributed by atoms with Gasteiger partial charge in [-0.1, -0.05) is 36.4 Å². The van der Waals surface area contributed by atoms with Crippen LogP contribution in [0.2, 0.25) is 0 Å². The predicted octanol–water partition coefficient (Wildman–Crippen LogP) is 9.51. The van der Waals surface area contributed by atoms with Gasteiger partial charge in [0.1, 0.15) is 34.2 Å². The molecule has 0 fully saturated rings. The largest absolute Gasteiger partial charge is 1.00 e. The fraction of sp³-hybridized carbons (Fsp3) is 0.0500. The summed E-state index contributed by atoms with van der Waals surface area (Å²) in [6, 6.07) is 36.4. The van der Waals surface area contributed by atoms with Crippen LogP contribution in [0.4, 0.5) is 41.6 Å². The topological polar surface area (TPSA) is 280 Å². The Bertz CT molecular complexity index is 2640. The maximum Gasteiger partial charge on any atom is 1.00 e. The van der Waals surface area contributed by atoms with Crippen molar-refractivity contribution >= 4 is 28.3 Å². The zero-order valence-electron chi connectivity index (χ0n) is 37.8. The molecule has 0 saturated heterocycles. The number of aromatic nitrogens is 18. The molecule has 0 radical (unpaired) electrons. The number of nitriles is 2. The Labute approximate surface area is 454 Å². The van der Waals surface area contributed by atoms with E-state index in [1.807, 2.05) is 72.8 Å². The average molecular weight is 1380 g/mol. The fourth-order valence-electron chi connectivity index (χ4n) is 4.27. The van der Waals surface area contributed by atoms with Gasteiger partial charge in [0.05, 0.1) is 12.1 Å². The number of nitrogens with zero attached hydrogens (tertiary/aromatic N) is 20. The molecule has 406 valence electrons. The summed E-state index contributed by atoms with van der Waals surface area (Å²) in [5.74, 6) is 2.39. The van der Waals surface area contributed by atoms with Crippen molar-refractivity contribution in [3.63, 3.8) is 0 Å². The van der Waals surface area contributed by atoms with Gasteiger partial charge in [-0.25, -0.2) is 0 Å². The third kappa shape index (κ3) is 31.9. The molecule has 0 N–H and O–H groups in total. The summed E-state index contributed by atoms with van der Waals surface area (Å²) in [5, 5.41) is 62.6. The second-order valence-corrected chi connectivity index (χ2v) is 20.8. The van der Waals surface area contributed by atoms with Crippen LogP contribution in [0.15, 0.2) is 146 Å². The molecule has 9 heterocycles. The molecular formula is C40H30Ag2As2F12N20. The van der Waals surface area contributed by atoms with E-state index >= 15 is 0 Å². The molecule has 0 unspecified atom stereocenters. The molecule has 76 heavy (non-hydrogen) atoms. The van der Waals surface area contributed by atoms with E-state index in [1.165, 1.54) is 13.8 Å². The molecule has 0 aliphatic rings. The molecule has 20 nitrogen and oxygen atoms in total. The fourth-order valence-corrected chi connectivity index (χ4v) is 4.27. The molecule has 0 aromatic carbocycles. The van der Waals surface area contributed by atoms with Crippen molar-refractivity contribution in [1.82, 2.24) is 91.1 Å². The first-order valence-corrected chi connectivity index (χ1v) is 28.0. The SMILES string of the molecule is CC#N.CC#N.F[As-](F)(F)(F)(F)F.F[As-](F)(F)(F)(F)F.[Ag+].[Ag+].c1ccc(-c2nnc(-c3ccccn3)nn2)nc1.c1ccc(-c2nnc(-c3ccccn3)nn2)nc1.c1ccc(-c2nnc(-c3ccccn3)nn2)nc1. The summed E-state index contributed by atoms with van der Waals surface area (Å²) in [6.07, 6.45) is 10.0. The van der Waals surface area contributed by atoms with Gasteiger partial charge >= 0.3 is 115 Å². The summed E-state index contributed by atoms with van der Waals surface area (Å²) in [7, 11) is 0. The first kappa shape index (κ1) is 66.5. The van der Waals surface area contributed by atoms with E-state index in [1.54, 1.807) is 85.7 Å². The Kier molecular flexibility index (Phi) is 24.8. The van der Waals surface area contributed by atoms with Crippen LogP contribution in [-0.2, 0) is 44.8 Å². The Morgan fingerprint density at radius 1 is 0.276 bits per heavy atom. The van der Waals surface area contributed by atoms with E-state index in [9.17, 15) is 41.6 Å². The van der Waals surface area contributed by atoms with Crippen molar-refractivity contribution in [2.45, 2.75) is 13.8 Å². The molecule has 9 aromatic rings. The molecule has 9 rings (SSSR count). The Morgan fingerprint density at radius 2 is 0.382 bits per heavy atom. The van der Waals surface area contributed by atoms with Crippen molar-refractivity contribution in [1.29, 1.82) is 10.5 Å². The minimum atomic E-state index is -11.1. The van der Waals surface area contributed by atoms with Gasteiger partial charge in [0.25, 0.3) is 0 Å². The molecular weight excluding hydrogens is 1350 g/mol. The van der Waals surface area contributed by atoms with Gasteiger partial charge in [-0.3, -0.25) is 29.9 Å². The summed E-state index contributed by atoms with van der Waals surface area (Å²) in [4.78, 5) is 24.8. The summed E-state index contributed by atoms with van der Waals surface area (Å²) in [6.45, 7) is 2.86. The third-order valence-electron chi connectivity index (χ3n) is 6.80. The number of halogens is 12. The second kappa shape index (κ2) is 28.4. The van der Waals surface area contributed by atoms with Crippen LogP contribution < -0.4 is 0 Å². The molecule has 0 atom stereocenters. The van der Waals surface area contributed by atoms with Crippen molar-refractivity contribution in [2.24, 2.45) is 0 Å². The molecule has 0 bridgehead atoms. The van der Waals surface area contributed by atoms with Crippen LogP contribution in [0, 0.1) is 22.7 Å². The van der Waals surface area contributed by atoms with Crippen LogP contribution in [0.3, 0.4) is 0 Å². The molecule has 36 heteroatoms. The molecule has 9 aromatic heterocycles. The van der Waals surface area contributed by atoms with E-state index in [2.05, 4.69) is 91.1 Å². The van der Waals surface area contributed by atoms with Crippen LogP contribution in [0.5, 0.6) is 0 Å². The van der Waals surface area contributed by atoms with Gasteiger partial charge in [0, 0.05) is 51.0 Å². The summed E-state index contributed by atoms with van der Waals surface area (Å²) in [5.41, 5.74) is 3.86. The van der Waals surface area contributed by atoms with Crippen LogP contribution in [-0.4, -0.2) is 119 Å². The van der Waals surface area contributed by atoms with Crippen molar-refractivity contribution in [2.75, 3.05) is 0 Å². The molecule has 0 spiro atoms. The number of pyridine rings is 6. The molecule has 0 aliphatic carbocycles. The Morgan fingerprint density at radius 3 is 0.461 bits per heavy atom. The first-order valence-electron chi connectivity index (χ1n) is 19.5. The standard InChI is InChI=1S/3C12H8N6.2C2H3N.2Ag.2AsF6/c3*1-3-7-13-9(5-1)11-15-17-12(18-16-11)10-6-2-4-8-14-10;2*1-2-3;;;2*2-1(3,4,5,6)7/h3*1-8H;2*1H3;;;;/q;;;;;2*+1;2*-1. The van der Waals surface area contributed by atoms with Crippen molar-refractivity contribution < 1.29 is 86.4 Å². The average Bonchev–Trinajstić information content (AvgIpc) is 3.37. The molecule has 0 aliphatic heterocycles. The smallest absolute Gasteiger partial charge is 0.253 e. The Hall–Kier alpha value is -7.54. The van der Waals surface area contributed by atoms with Crippen LogP contribution >= 0.6 is 0 Å². The van der Waals surface area contributed by atoms with Gasteiger partial charge in [-0.2, -0.15) is 10.5 Å². The number of hydrogen-bond acceptors (Lipinski definition) is 20. The minimum absolute atomic E-state index is 0. The van der Waals surface area contributed by atoms with Crippen LogP contribution in [0.25, 0.3) is 69.1 Å².